The topological polar surface area (TPSA) is 84.3 Å². The molecule has 0 aliphatic rings. The van der Waals surface area contributed by atoms with Gasteiger partial charge < -0.3 is 9.84 Å². The van der Waals surface area contributed by atoms with Gasteiger partial charge >= 0.3 is 5.69 Å². The monoisotopic (exact) mass is 244 g/mol. The highest BCUT2D eigenvalue weighted by Crippen LogP contribution is 2.19. The van der Waals surface area contributed by atoms with Gasteiger partial charge in [-0.1, -0.05) is 6.58 Å². The maximum atomic E-state index is 13.8. The van der Waals surface area contributed by atoms with Gasteiger partial charge in [0.15, 0.2) is 12.4 Å². The van der Waals surface area contributed by atoms with Crippen molar-refractivity contribution in [2.24, 2.45) is 0 Å². The second-order valence-corrected chi connectivity index (χ2v) is 3.36. The summed E-state index contributed by atoms with van der Waals surface area (Å²) < 4.78 is 19.5. The number of nitrogens with one attached hydrogen (secondary N) is 1. The standard InChI is InChI=1S/C10H13FN2O4/c1-6(5-14)8(11)9(17-2)13-4-3-7(15)12-10(13)16/h3-4,8-9,14H,1,5H2,2H3,(H,12,15,16)/t8-,9+/m1/s1. The van der Waals surface area contributed by atoms with Crippen LogP contribution < -0.4 is 11.2 Å². The summed E-state index contributed by atoms with van der Waals surface area (Å²) >= 11 is 0. The number of aliphatic hydroxyl groups excluding tert-OH is 1. The number of aromatic nitrogens is 2. The molecule has 2 N–H and O–H groups in total. The third-order valence-electron chi connectivity index (χ3n) is 2.21. The summed E-state index contributed by atoms with van der Waals surface area (Å²) in [5, 5.41) is 8.77. The average Bonchev–Trinajstić information content (AvgIpc) is 2.31. The molecule has 0 fully saturated rings. The van der Waals surface area contributed by atoms with Crippen molar-refractivity contribution in [1.29, 1.82) is 0 Å². The number of halogens is 1. The van der Waals surface area contributed by atoms with Crippen molar-refractivity contribution in [2.75, 3.05) is 13.7 Å². The van der Waals surface area contributed by atoms with Gasteiger partial charge in [0.2, 0.25) is 0 Å². The molecule has 0 aliphatic carbocycles. The number of rotatable bonds is 5. The third-order valence-corrected chi connectivity index (χ3v) is 2.21. The second kappa shape index (κ2) is 5.55. The van der Waals surface area contributed by atoms with Crippen LogP contribution in [0.25, 0.3) is 0 Å². The van der Waals surface area contributed by atoms with E-state index in [0.29, 0.717) is 0 Å². The SMILES string of the molecule is C=C(CO)[C@@H](F)[C@H](OC)n1ccc(=O)[nH]c1=O. The molecule has 0 saturated carbocycles. The van der Waals surface area contributed by atoms with Gasteiger partial charge in [-0.05, 0) is 5.57 Å². The Kier molecular flexibility index (Phi) is 4.36. The number of nitrogens with zero attached hydrogens (tertiary/aromatic N) is 1. The molecule has 1 aromatic heterocycles. The average molecular weight is 244 g/mol. The summed E-state index contributed by atoms with van der Waals surface area (Å²) in [4.78, 5) is 24.3. The molecule has 0 unspecified atom stereocenters. The van der Waals surface area contributed by atoms with E-state index in [0.717, 1.165) is 16.8 Å². The van der Waals surface area contributed by atoms with Crippen molar-refractivity contribution in [3.8, 4) is 0 Å². The van der Waals surface area contributed by atoms with Gasteiger partial charge in [0.25, 0.3) is 5.56 Å². The molecule has 1 heterocycles. The van der Waals surface area contributed by atoms with Crippen molar-refractivity contribution >= 4 is 0 Å². The Hall–Kier alpha value is -1.73. The van der Waals surface area contributed by atoms with Crippen LogP contribution in [-0.4, -0.2) is 34.5 Å². The molecule has 1 aromatic rings. The summed E-state index contributed by atoms with van der Waals surface area (Å²) in [5.74, 6) is 0. The lowest BCUT2D eigenvalue weighted by Crippen LogP contribution is -2.36. The first kappa shape index (κ1) is 13.3. The molecule has 94 valence electrons. The summed E-state index contributed by atoms with van der Waals surface area (Å²) in [7, 11) is 1.21. The molecule has 0 amide bonds. The first-order chi connectivity index (χ1) is 8.01. The minimum Gasteiger partial charge on any atom is -0.392 e. The Balaban J connectivity index is 3.14. The van der Waals surface area contributed by atoms with Gasteiger partial charge in [0, 0.05) is 19.4 Å². The molecular weight excluding hydrogens is 231 g/mol. The number of H-pyrrole nitrogens is 1. The Morgan fingerprint density at radius 1 is 1.71 bits per heavy atom. The minimum absolute atomic E-state index is 0.116. The van der Waals surface area contributed by atoms with Gasteiger partial charge in [-0.15, -0.1) is 0 Å². The molecule has 0 spiro atoms. The molecule has 0 aliphatic heterocycles. The number of aliphatic hydroxyl groups is 1. The number of aromatic amines is 1. The van der Waals surface area contributed by atoms with Crippen LogP contribution in [0.4, 0.5) is 4.39 Å². The number of methoxy groups -OCH3 is 1. The lowest BCUT2D eigenvalue weighted by Gasteiger charge is -2.22. The number of hydrogen-bond acceptors (Lipinski definition) is 4. The molecule has 7 heteroatoms. The molecule has 17 heavy (non-hydrogen) atoms. The highest BCUT2D eigenvalue weighted by atomic mass is 19.1. The normalized spacial score (nSPS) is 14.3. The molecule has 1 rings (SSSR count). The first-order valence-electron chi connectivity index (χ1n) is 4.78. The van der Waals surface area contributed by atoms with E-state index in [2.05, 4.69) is 6.58 Å². The van der Waals surface area contributed by atoms with E-state index in [9.17, 15) is 14.0 Å². The quantitative estimate of drug-likeness (QED) is 0.688. The van der Waals surface area contributed by atoms with Gasteiger partial charge in [0.05, 0.1) is 6.61 Å². The molecule has 2 atom stereocenters. The van der Waals surface area contributed by atoms with E-state index in [-0.39, 0.29) is 5.57 Å². The number of ether oxygens (including phenoxy) is 1. The second-order valence-electron chi connectivity index (χ2n) is 3.36. The van der Waals surface area contributed by atoms with E-state index in [1.165, 1.54) is 7.11 Å². The van der Waals surface area contributed by atoms with Crippen LogP contribution in [0.3, 0.4) is 0 Å². The largest absolute Gasteiger partial charge is 0.392 e. The lowest BCUT2D eigenvalue weighted by atomic mass is 10.2. The Morgan fingerprint density at radius 2 is 2.35 bits per heavy atom. The molecular formula is C10H13FN2O4. The first-order valence-corrected chi connectivity index (χ1v) is 4.78. The predicted octanol–water partition coefficient (Wildman–Crippen LogP) is -0.432. The molecule has 0 bridgehead atoms. The van der Waals surface area contributed by atoms with Gasteiger partial charge in [-0.2, -0.15) is 0 Å². The summed E-state index contributed by atoms with van der Waals surface area (Å²) in [5.41, 5.74) is -1.50. The van der Waals surface area contributed by atoms with Crippen LogP contribution in [0.15, 0.2) is 34.0 Å². The van der Waals surface area contributed by atoms with Crippen LogP contribution in [0.5, 0.6) is 0 Å². The van der Waals surface area contributed by atoms with E-state index in [1.54, 1.807) is 0 Å². The smallest absolute Gasteiger partial charge is 0.330 e. The van der Waals surface area contributed by atoms with Crippen molar-refractivity contribution in [3.05, 3.63) is 45.3 Å². The third kappa shape index (κ3) is 2.89. The molecule has 0 radical (unpaired) electrons. The fourth-order valence-electron chi connectivity index (χ4n) is 1.29. The Labute approximate surface area is 96.0 Å². The Bertz CT molecular complexity index is 508. The van der Waals surface area contributed by atoms with E-state index in [4.69, 9.17) is 9.84 Å². The fourth-order valence-corrected chi connectivity index (χ4v) is 1.29. The predicted molar refractivity (Wildman–Crippen MR) is 58.5 cm³/mol. The molecule has 6 nitrogen and oxygen atoms in total. The van der Waals surface area contributed by atoms with E-state index >= 15 is 0 Å². The van der Waals surface area contributed by atoms with Gasteiger partial charge in [0.1, 0.15) is 0 Å². The number of hydrogen-bond donors (Lipinski definition) is 2. The highest BCUT2D eigenvalue weighted by molar-refractivity contribution is 5.04. The Morgan fingerprint density at radius 3 is 2.82 bits per heavy atom. The van der Waals surface area contributed by atoms with Crippen molar-refractivity contribution < 1.29 is 14.2 Å². The maximum Gasteiger partial charge on any atom is 0.330 e. The van der Waals surface area contributed by atoms with Gasteiger partial charge in [-0.3, -0.25) is 14.3 Å². The zero-order valence-electron chi connectivity index (χ0n) is 9.22. The van der Waals surface area contributed by atoms with E-state index in [1.807, 2.05) is 4.98 Å². The maximum absolute atomic E-state index is 13.8. The van der Waals surface area contributed by atoms with Crippen molar-refractivity contribution in [1.82, 2.24) is 9.55 Å². The van der Waals surface area contributed by atoms with Crippen molar-refractivity contribution in [2.45, 2.75) is 12.4 Å². The van der Waals surface area contributed by atoms with Crippen LogP contribution in [0.1, 0.15) is 6.23 Å². The summed E-state index contributed by atoms with van der Waals surface area (Å²) in [6.07, 6.45) is -1.92. The summed E-state index contributed by atoms with van der Waals surface area (Å²) in [6, 6.07) is 1.07. The molecule has 0 saturated heterocycles. The fraction of sp³-hybridized carbons (Fsp3) is 0.400. The van der Waals surface area contributed by atoms with Crippen LogP contribution in [0.2, 0.25) is 0 Å². The van der Waals surface area contributed by atoms with E-state index < -0.39 is 30.3 Å². The lowest BCUT2D eigenvalue weighted by molar-refractivity contribution is -0.0137. The minimum atomic E-state index is -1.76. The van der Waals surface area contributed by atoms with Crippen LogP contribution >= 0.6 is 0 Å². The van der Waals surface area contributed by atoms with Crippen molar-refractivity contribution in [3.63, 3.8) is 0 Å². The van der Waals surface area contributed by atoms with Crippen LogP contribution in [-0.2, 0) is 4.74 Å². The van der Waals surface area contributed by atoms with Crippen LogP contribution in [0, 0.1) is 0 Å². The summed E-state index contributed by atoms with van der Waals surface area (Å²) in [6.45, 7) is 2.77. The van der Waals surface area contributed by atoms with Gasteiger partial charge in [-0.25, -0.2) is 9.18 Å². The molecule has 0 aromatic carbocycles. The highest BCUT2D eigenvalue weighted by Gasteiger charge is 2.25. The number of alkyl halides is 1. The zero-order chi connectivity index (χ0) is 13.0. The zero-order valence-corrected chi connectivity index (χ0v) is 9.22.